The Kier molecular flexibility index (Phi) is 4.34. The molecular weight excluding hydrogens is 302 g/mol. The maximum absolute atomic E-state index is 5.57. The van der Waals surface area contributed by atoms with Crippen LogP contribution in [0, 0.1) is 0 Å². The number of anilines is 1. The molecular formula is C19H23N3O2. The molecule has 2 aliphatic rings. The predicted octanol–water partition coefficient (Wildman–Crippen LogP) is 3.09. The lowest BCUT2D eigenvalue weighted by atomic mass is 10.0. The molecule has 1 aliphatic carbocycles. The van der Waals surface area contributed by atoms with Crippen LogP contribution in [0.25, 0.3) is 0 Å². The molecule has 1 saturated heterocycles. The van der Waals surface area contributed by atoms with Gasteiger partial charge in [0.15, 0.2) is 0 Å². The molecule has 0 bridgehead atoms. The molecule has 1 N–H and O–H groups in total. The second-order valence-electron chi connectivity index (χ2n) is 6.53. The van der Waals surface area contributed by atoms with Gasteiger partial charge in [-0.05, 0) is 42.9 Å². The molecule has 2 heterocycles. The van der Waals surface area contributed by atoms with Crippen molar-refractivity contribution in [3.63, 3.8) is 0 Å². The van der Waals surface area contributed by atoms with E-state index in [1.54, 1.807) is 13.4 Å². The van der Waals surface area contributed by atoms with E-state index in [-0.39, 0.29) is 0 Å². The second kappa shape index (κ2) is 6.77. The first-order valence-electron chi connectivity index (χ1n) is 8.65. The van der Waals surface area contributed by atoms with Gasteiger partial charge in [-0.15, -0.1) is 0 Å². The van der Waals surface area contributed by atoms with Gasteiger partial charge >= 0.3 is 0 Å². The van der Waals surface area contributed by atoms with Gasteiger partial charge in [0.1, 0.15) is 17.9 Å². The number of fused-ring (bicyclic) bond motifs is 1. The molecule has 1 aromatic carbocycles. The standard InChI is InChI=1S/C19H23N3O2/c1-23-18-8-14-4-2-3-13(14)7-16(18)10-20-19-9-17(21-12-22-19)15-5-6-24-11-15/h7-9,12,15H,2-6,10-11H2,1H3,(H,20,21,22). The van der Waals surface area contributed by atoms with E-state index < -0.39 is 0 Å². The van der Waals surface area contributed by atoms with Crippen molar-refractivity contribution in [2.24, 2.45) is 0 Å². The third-order valence-corrected chi connectivity index (χ3v) is 4.99. The summed E-state index contributed by atoms with van der Waals surface area (Å²) >= 11 is 0. The molecule has 1 atom stereocenters. The summed E-state index contributed by atoms with van der Waals surface area (Å²) in [5.41, 5.74) is 5.13. The summed E-state index contributed by atoms with van der Waals surface area (Å²) < 4.78 is 11.0. The fourth-order valence-electron chi connectivity index (χ4n) is 3.63. The largest absolute Gasteiger partial charge is 0.496 e. The number of hydrogen-bond donors (Lipinski definition) is 1. The quantitative estimate of drug-likeness (QED) is 0.915. The van der Waals surface area contributed by atoms with Gasteiger partial charge in [0, 0.05) is 30.7 Å². The van der Waals surface area contributed by atoms with E-state index in [1.165, 1.54) is 29.5 Å². The van der Waals surface area contributed by atoms with Gasteiger partial charge < -0.3 is 14.8 Å². The number of nitrogens with zero attached hydrogens (tertiary/aromatic N) is 2. The molecule has 1 aromatic heterocycles. The van der Waals surface area contributed by atoms with Gasteiger partial charge in [0.2, 0.25) is 0 Å². The van der Waals surface area contributed by atoms with Crippen molar-refractivity contribution in [2.75, 3.05) is 25.6 Å². The van der Waals surface area contributed by atoms with Crippen LogP contribution >= 0.6 is 0 Å². The molecule has 126 valence electrons. The van der Waals surface area contributed by atoms with Gasteiger partial charge in [-0.1, -0.05) is 6.07 Å². The Labute approximate surface area is 142 Å². The highest BCUT2D eigenvalue weighted by Gasteiger charge is 2.20. The molecule has 0 saturated carbocycles. The van der Waals surface area contributed by atoms with Crippen molar-refractivity contribution in [1.29, 1.82) is 0 Å². The predicted molar refractivity (Wildman–Crippen MR) is 92.6 cm³/mol. The summed E-state index contributed by atoms with van der Waals surface area (Å²) in [6, 6.07) is 6.51. The van der Waals surface area contributed by atoms with Gasteiger partial charge in [0.25, 0.3) is 0 Å². The highest BCUT2D eigenvalue weighted by molar-refractivity contribution is 5.47. The van der Waals surface area contributed by atoms with Crippen molar-refractivity contribution in [1.82, 2.24) is 9.97 Å². The average Bonchev–Trinajstić information content (AvgIpc) is 3.30. The van der Waals surface area contributed by atoms with Gasteiger partial charge in [-0.25, -0.2) is 9.97 Å². The number of rotatable bonds is 5. The minimum Gasteiger partial charge on any atom is -0.496 e. The van der Waals surface area contributed by atoms with E-state index >= 15 is 0 Å². The minimum absolute atomic E-state index is 0.392. The van der Waals surface area contributed by atoms with E-state index in [0.29, 0.717) is 12.5 Å². The van der Waals surface area contributed by atoms with Crippen LogP contribution in [0.3, 0.4) is 0 Å². The summed E-state index contributed by atoms with van der Waals surface area (Å²) in [5, 5.41) is 3.42. The van der Waals surface area contributed by atoms with E-state index in [4.69, 9.17) is 9.47 Å². The van der Waals surface area contributed by atoms with Crippen LogP contribution in [0.5, 0.6) is 5.75 Å². The summed E-state index contributed by atoms with van der Waals surface area (Å²) in [5.74, 6) is 2.21. The number of ether oxygens (including phenoxy) is 2. The first-order chi connectivity index (χ1) is 11.8. The van der Waals surface area contributed by atoms with Crippen LogP contribution in [-0.4, -0.2) is 30.3 Å². The highest BCUT2D eigenvalue weighted by Crippen LogP contribution is 2.30. The molecule has 4 rings (SSSR count). The third-order valence-electron chi connectivity index (χ3n) is 4.99. The lowest BCUT2D eigenvalue weighted by Gasteiger charge is -2.14. The van der Waals surface area contributed by atoms with E-state index in [1.807, 2.05) is 6.07 Å². The molecule has 1 fully saturated rings. The van der Waals surface area contributed by atoms with Gasteiger partial charge in [-0.2, -0.15) is 0 Å². The number of benzene rings is 1. The van der Waals surface area contributed by atoms with E-state index in [9.17, 15) is 0 Å². The molecule has 0 amide bonds. The smallest absolute Gasteiger partial charge is 0.129 e. The van der Waals surface area contributed by atoms with Crippen LogP contribution in [0.4, 0.5) is 5.82 Å². The minimum atomic E-state index is 0.392. The maximum Gasteiger partial charge on any atom is 0.129 e. The van der Waals surface area contributed by atoms with Crippen molar-refractivity contribution in [3.8, 4) is 5.75 Å². The summed E-state index contributed by atoms with van der Waals surface area (Å²) in [6.45, 7) is 2.28. The molecule has 1 aliphatic heterocycles. The maximum atomic E-state index is 5.57. The van der Waals surface area contributed by atoms with Crippen molar-refractivity contribution in [2.45, 2.75) is 38.1 Å². The number of aryl methyl sites for hydroxylation is 2. The fraction of sp³-hybridized carbons (Fsp3) is 0.474. The van der Waals surface area contributed by atoms with Gasteiger partial charge in [0.05, 0.1) is 19.4 Å². The van der Waals surface area contributed by atoms with E-state index in [2.05, 4.69) is 27.4 Å². The average molecular weight is 325 g/mol. The van der Waals surface area contributed by atoms with Crippen molar-refractivity contribution >= 4 is 5.82 Å². The SMILES string of the molecule is COc1cc2c(cc1CNc1cc(C3CCOC3)ncn1)CCC2. The Balaban J connectivity index is 1.50. The zero-order chi connectivity index (χ0) is 16.4. The van der Waals surface area contributed by atoms with E-state index in [0.717, 1.165) is 43.3 Å². The molecule has 0 spiro atoms. The van der Waals surface area contributed by atoms with Crippen LogP contribution in [0.15, 0.2) is 24.5 Å². The summed E-state index contributed by atoms with van der Waals surface area (Å²) in [4.78, 5) is 8.75. The Morgan fingerprint density at radius 3 is 2.88 bits per heavy atom. The summed E-state index contributed by atoms with van der Waals surface area (Å²) in [7, 11) is 1.74. The van der Waals surface area contributed by atoms with Crippen LogP contribution in [0.1, 0.15) is 41.1 Å². The molecule has 5 heteroatoms. The molecule has 1 unspecified atom stereocenters. The Bertz CT molecular complexity index is 727. The first kappa shape index (κ1) is 15.4. The van der Waals surface area contributed by atoms with Crippen molar-refractivity contribution < 1.29 is 9.47 Å². The summed E-state index contributed by atoms with van der Waals surface area (Å²) in [6.07, 6.45) is 6.25. The van der Waals surface area contributed by atoms with Gasteiger partial charge in [-0.3, -0.25) is 0 Å². The van der Waals surface area contributed by atoms with Crippen molar-refractivity contribution in [3.05, 3.63) is 46.9 Å². The van der Waals surface area contributed by atoms with Crippen LogP contribution < -0.4 is 10.1 Å². The zero-order valence-corrected chi connectivity index (χ0v) is 14.0. The van der Waals surface area contributed by atoms with Crippen LogP contribution in [-0.2, 0) is 24.1 Å². The molecule has 2 aromatic rings. The molecule has 5 nitrogen and oxygen atoms in total. The molecule has 0 radical (unpaired) electrons. The lowest BCUT2D eigenvalue weighted by Crippen LogP contribution is -2.07. The third kappa shape index (κ3) is 3.08. The normalized spacial score (nSPS) is 19.3. The number of methoxy groups -OCH3 is 1. The molecule has 24 heavy (non-hydrogen) atoms. The Morgan fingerprint density at radius 1 is 1.21 bits per heavy atom. The fourth-order valence-corrected chi connectivity index (χ4v) is 3.63. The monoisotopic (exact) mass is 325 g/mol. The second-order valence-corrected chi connectivity index (χ2v) is 6.53. The number of hydrogen-bond acceptors (Lipinski definition) is 5. The zero-order valence-electron chi connectivity index (χ0n) is 14.0. The Morgan fingerprint density at radius 2 is 2.08 bits per heavy atom. The highest BCUT2D eigenvalue weighted by atomic mass is 16.5. The first-order valence-corrected chi connectivity index (χ1v) is 8.65. The number of aromatic nitrogens is 2. The Hall–Kier alpha value is -2.14. The lowest BCUT2D eigenvalue weighted by molar-refractivity contribution is 0.193. The van der Waals surface area contributed by atoms with Crippen LogP contribution in [0.2, 0.25) is 0 Å². The topological polar surface area (TPSA) is 56.3 Å². The number of nitrogens with one attached hydrogen (secondary N) is 1.